The normalized spacial score (nSPS) is 14.2. The Labute approximate surface area is 230 Å². The van der Waals surface area contributed by atoms with Crippen LogP contribution in [-0.4, -0.2) is 55.2 Å². The van der Waals surface area contributed by atoms with Crippen molar-refractivity contribution in [2.24, 2.45) is 0 Å². The van der Waals surface area contributed by atoms with Gasteiger partial charge in [0.05, 0.1) is 18.3 Å². The number of methoxy groups -OCH3 is 1. The molecule has 1 aliphatic rings. The Morgan fingerprint density at radius 1 is 1.00 bits per heavy atom. The maximum absolute atomic E-state index is 5.82. The van der Waals surface area contributed by atoms with Gasteiger partial charge in [0.2, 0.25) is 0 Å². The number of likely N-dealkylation sites (tertiary alicyclic amines) is 1. The first-order valence-corrected chi connectivity index (χ1v) is 14.6. The van der Waals surface area contributed by atoms with Crippen molar-refractivity contribution in [3.05, 3.63) is 52.3 Å². The summed E-state index contributed by atoms with van der Waals surface area (Å²) in [6, 6.07) is 12.5. The van der Waals surface area contributed by atoms with Gasteiger partial charge in [0.1, 0.15) is 17.4 Å². The van der Waals surface area contributed by atoms with E-state index in [1.807, 2.05) is 19.1 Å². The van der Waals surface area contributed by atoms with E-state index in [1.165, 1.54) is 76.6 Å². The fourth-order valence-electron chi connectivity index (χ4n) is 5.21. The van der Waals surface area contributed by atoms with Crippen LogP contribution in [0.4, 0.5) is 11.5 Å². The van der Waals surface area contributed by atoms with Gasteiger partial charge in [-0.2, -0.15) is 0 Å². The number of hydrogen-bond acceptors (Lipinski definition) is 6. The summed E-state index contributed by atoms with van der Waals surface area (Å²) < 4.78 is 6.89. The summed E-state index contributed by atoms with van der Waals surface area (Å²) in [6.45, 7) is 7.55. The molecule has 2 heterocycles. The summed E-state index contributed by atoms with van der Waals surface area (Å²) in [4.78, 5) is 14.4. The molecule has 0 bridgehead atoms. The van der Waals surface area contributed by atoms with Gasteiger partial charge in [0.25, 0.3) is 0 Å². The van der Waals surface area contributed by atoms with E-state index in [0.29, 0.717) is 6.54 Å². The summed E-state index contributed by atoms with van der Waals surface area (Å²) in [6.07, 6.45) is 10.6. The van der Waals surface area contributed by atoms with Crippen LogP contribution >= 0.6 is 15.9 Å². The third-order valence-electron chi connectivity index (χ3n) is 7.28. The molecule has 1 N–H and O–H groups in total. The van der Waals surface area contributed by atoms with Crippen molar-refractivity contribution >= 4 is 38.3 Å². The molecule has 7 heteroatoms. The van der Waals surface area contributed by atoms with E-state index in [4.69, 9.17) is 14.7 Å². The van der Waals surface area contributed by atoms with Crippen LogP contribution in [0.15, 0.2) is 40.9 Å². The van der Waals surface area contributed by atoms with Gasteiger partial charge in [-0.1, -0.05) is 53.7 Å². The Bertz CT molecular complexity index is 1150. The first-order valence-electron chi connectivity index (χ1n) is 13.8. The molecular weight excluding hydrogens is 526 g/mol. The third-order valence-corrected chi connectivity index (χ3v) is 7.78. The lowest BCUT2D eigenvalue weighted by atomic mass is 10.1. The zero-order valence-corrected chi connectivity index (χ0v) is 24.3. The fraction of sp³-hybridized carbons (Fsp3) is 0.533. The Kier molecular flexibility index (Phi) is 10.4. The average Bonchev–Trinajstić information content (AvgIpc) is 2.91. The van der Waals surface area contributed by atoms with Crippen molar-refractivity contribution < 1.29 is 4.74 Å². The Morgan fingerprint density at radius 3 is 2.57 bits per heavy atom. The predicted molar refractivity (Wildman–Crippen MR) is 159 cm³/mol. The predicted octanol–water partition coefficient (Wildman–Crippen LogP) is 7.19. The van der Waals surface area contributed by atoms with Gasteiger partial charge < -0.3 is 19.9 Å². The number of anilines is 2. The van der Waals surface area contributed by atoms with Crippen LogP contribution in [0.25, 0.3) is 10.9 Å². The lowest BCUT2D eigenvalue weighted by Gasteiger charge is -2.26. The Morgan fingerprint density at radius 2 is 1.78 bits per heavy atom. The second kappa shape index (κ2) is 14.0. The van der Waals surface area contributed by atoms with Crippen LogP contribution in [-0.2, 0) is 6.54 Å². The minimum Gasteiger partial charge on any atom is -0.495 e. The molecule has 0 saturated carbocycles. The molecule has 6 nitrogen and oxygen atoms in total. The van der Waals surface area contributed by atoms with Crippen LogP contribution in [0.3, 0.4) is 0 Å². The molecule has 3 aromatic rings. The Hall–Kier alpha value is -2.38. The molecule has 4 rings (SSSR count). The number of aromatic nitrogens is 2. The number of hydrogen-bond donors (Lipinski definition) is 1. The number of ether oxygens (including phenoxy) is 1. The number of piperidine rings is 1. The molecule has 1 saturated heterocycles. The lowest BCUT2D eigenvalue weighted by molar-refractivity contribution is 0.224. The number of aryl methyl sites for hydroxylation is 1. The molecule has 0 radical (unpaired) electrons. The highest BCUT2D eigenvalue weighted by Crippen LogP contribution is 2.35. The second-order valence-electron chi connectivity index (χ2n) is 10.2. The van der Waals surface area contributed by atoms with E-state index >= 15 is 0 Å². The molecule has 0 aliphatic carbocycles. The van der Waals surface area contributed by atoms with E-state index in [9.17, 15) is 0 Å². The molecule has 0 unspecified atom stereocenters. The minimum atomic E-state index is 0.687. The molecule has 0 amide bonds. The third kappa shape index (κ3) is 8.05. The van der Waals surface area contributed by atoms with Crippen LogP contribution in [0.2, 0.25) is 0 Å². The van der Waals surface area contributed by atoms with Crippen molar-refractivity contribution in [1.82, 2.24) is 14.9 Å². The molecule has 1 aromatic heterocycles. The number of halogens is 1. The molecule has 200 valence electrons. The van der Waals surface area contributed by atoms with E-state index in [-0.39, 0.29) is 0 Å². The highest BCUT2D eigenvalue weighted by atomic mass is 79.9. The van der Waals surface area contributed by atoms with Crippen LogP contribution in [0.5, 0.6) is 5.75 Å². The van der Waals surface area contributed by atoms with Crippen LogP contribution in [0.1, 0.15) is 62.8 Å². The molecule has 37 heavy (non-hydrogen) atoms. The number of rotatable bonds is 13. The van der Waals surface area contributed by atoms with Gasteiger partial charge >= 0.3 is 0 Å². The molecule has 1 fully saturated rings. The van der Waals surface area contributed by atoms with Crippen molar-refractivity contribution in [3.63, 3.8) is 0 Å². The summed E-state index contributed by atoms with van der Waals surface area (Å²) in [5.41, 5.74) is 3.20. The number of nitrogens with one attached hydrogen (secondary N) is 1. The number of fused-ring (bicyclic) bond motifs is 1. The maximum atomic E-state index is 5.82. The SMILES string of the molecule is COc1cc2c(NCc3cccc(Br)c3)nc(C)nc2cc1N(C)CCCCCCCN1CCCCC1. The van der Waals surface area contributed by atoms with Gasteiger partial charge in [-0.15, -0.1) is 0 Å². The van der Waals surface area contributed by atoms with E-state index in [0.717, 1.165) is 45.0 Å². The minimum absolute atomic E-state index is 0.687. The summed E-state index contributed by atoms with van der Waals surface area (Å²) in [5, 5.41) is 4.48. The number of unbranched alkanes of at least 4 members (excludes halogenated alkanes) is 4. The first-order chi connectivity index (χ1) is 18.0. The number of nitrogens with zero attached hydrogens (tertiary/aromatic N) is 4. The summed E-state index contributed by atoms with van der Waals surface area (Å²) >= 11 is 3.55. The largest absolute Gasteiger partial charge is 0.495 e. The summed E-state index contributed by atoms with van der Waals surface area (Å²) in [7, 11) is 3.89. The number of benzene rings is 2. The van der Waals surface area contributed by atoms with E-state index in [1.54, 1.807) is 7.11 Å². The van der Waals surface area contributed by atoms with Crippen molar-refractivity contribution in [3.8, 4) is 5.75 Å². The fourth-order valence-corrected chi connectivity index (χ4v) is 5.65. The topological polar surface area (TPSA) is 53.5 Å². The van der Waals surface area contributed by atoms with Crippen molar-refractivity contribution in [2.75, 3.05) is 50.6 Å². The second-order valence-corrected chi connectivity index (χ2v) is 11.2. The zero-order valence-electron chi connectivity index (χ0n) is 22.7. The van der Waals surface area contributed by atoms with Crippen LogP contribution in [0, 0.1) is 6.92 Å². The lowest BCUT2D eigenvalue weighted by Crippen LogP contribution is -2.30. The highest BCUT2D eigenvalue weighted by molar-refractivity contribution is 9.10. The first kappa shape index (κ1) is 27.6. The molecular formula is C30H42BrN5O. The van der Waals surface area contributed by atoms with Gasteiger partial charge in [0, 0.05) is 30.0 Å². The van der Waals surface area contributed by atoms with E-state index in [2.05, 4.69) is 62.4 Å². The zero-order chi connectivity index (χ0) is 26.0. The average molecular weight is 569 g/mol. The van der Waals surface area contributed by atoms with E-state index < -0.39 is 0 Å². The Balaban J connectivity index is 1.33. The van der Waals surface area contributed by atoms with Crippen LogP contribution < -0.4 is 15.0 Å². The van der Waals surface area contributed by atoms with Crippen molar-refractivity contribution in [1.29, 1.82) is 0 Å². The molecule has 1 aliphatic heterocycles. The maximum Gasteiger partial charge on any atom is 0.143 e. The van der Waals surface area contributed by atoms with Gasteiger partial charge in [-0.05, 0) is 82.1 Å². The highest BCUT2D eigenvalue weighted by Gasteiger charge is 2.15. The monoisotopic (exact) mass is 567 g/mol. The van der Waals surface area contributed by atoms with Gasteiger partial charge in [-0.3, -0.25) is 0 Å². The molecule has 0 atom stereocenters. The van der Waals surface area contributed by atoms with Gasteiger partial charge in [-0.25, -0.2) is 9.97 Å². The summed E-state index contributed by atoms with van der Waals surface area (Å²) in [5.74, 6) is 2.45. The molecule has 2 aromatic carbocycles. The quantitative estimate of drug-likeness (QED) is 0.220. The smallest absolute Gasteiger partial charge is 0.143 e. The standard InChI is InChI=1S/C30H42BrN5O/c1-23-33-27-21-28(35(2)15-8-5-4-6-9-16-36-17-10-7-11-18-36)29(37-3)20-26(27)30(34-23)32-22-24-13-12-14-25(31)19-24/h12-14,19-21H,4-11,15-18,22H2,1-3H3,(H,32,33,34). The van der Waals surface area contributed by atoms with Gasteiger partial charge in [0.15, 0.2) is 0 Å². The molecule has 0 spiro atoms. The van der Waals surface area contributed by atoms with Crippen molar-refractivity contribution in [2.45, 2.75) is 64.8 Å².